The van der Waals surface area contributed by atoms with Crippen molar-refractivity contribution in [2.75, 3.05) is 23.7 Å². The number of carbonyl (C=O) groups excluding carboxylic acids is 1. The fraction of sp³-hybridized carbons (Fsp3) is 0.381. The maximum Gasteiger partial charge on any atom is 0.241 e. The predicted molar refractivity (Wildman–Crippen MR) is 112 cm³/mol. The third-order valence-corrected chi connectivity index (χ3v) is 5.52. The second-order valence-corrected chi connectivity index (χ2v) is 8.45. The standard InChI is InChI=1S/C21H28N2O4S/c1-5-17-9-7-8-10-20(17)23(28(4,25)26)15-21(24)22-16(3)18-11-13-19(14-12-18)27-6-2/h7-14,16H,5-6,15H2,1-4H3,(H,22,24)/t16-/m0/s1. The lowest BCUT2D eigenvalue weighted by Gasteiger charge is -2.25. The van der Waals surface area contributed by atoms with Gasteiger partial charge in [0.05, 0.1) is 24.6 Å². The lowest BCUT2D eigenvalue weighted by Crippen LogP contribution is -2.41. The number of nitrogens with zero attached hydrogens (tertiary/aromatic N) is 1. The van der Waals surface area contributed by atoms with Crippen molar-refractivity contribution >= 4 is 21.6 Å². The van der Waals surface area contributed by atoms with E-state index in [1.807, 2.05) is 57.2 Å². The van der Waals surface area contributed by atoms with E-state index >= 15 is 0 Å². The van der Waals surface area contributed by atoms with Crippen LogP contribution in [0.4, 0.5) is 5.69 Å². The molecule has 0 heterocycles. The molecule has 2 aromatic rings. The maximum atomic E-state index is 12.6. The van der Waals surface area contributed by atoms with E-state index in [1.54, 1.807) is 12.1 Å². The van der Waals surface area contributed by atoms with Crippen LogP contribution < -0.4 is 14.4 Å². The molecule has 1 amide bonds. The van der Waals surface area contributed by atoms with Crippen LogP contribution >= 0.6 is 0 Å². The Bertz CT molecular complexity index is 895. The van der Waals surface area contributed by atoms with Crippen molar-refractivity contribution in [3.63, 3.8) is 0 Å². The molecule has 2 rings (SSSR count). The van der Waals surface area contributed by atoms with Crippen LogP contribution in [0.3, 0.4) is 0 Å². The van der Waals surface area contributed by atoms with Crippen molar-refractivity contribution in [2.45, 2.75) is 33.2 Å². The number of amides is 1. The first-order valence-electron chi connectivity index (χ1n) is 9.34. The first kappa shape index (κ1) is 21.8. The SMILES string of the molecule is CCOc1ccc([C@H](C)NC(=O)CN(c2ccccc2CC)S(C)(=O)=O)cc1. The summed E-state index contributed by atoms with van der Waals surface area (Å²) < 4.78 is 31.2. The van der Waals surface area contributed by atoms with Gasteiger partial charge in [0, 0.05) is 0 Å². The van der Waals surface area contributed by atoms with E-state index in [1.165, 1.54) is 0 Å². The number of hydrogen-bond acceptors (Lipinski definition) is 4. The molecule has 0 bridgehead atoms. The van der Waals surface area contributed by atoms with Gasteiger partial charge in [0.2, 0.25) is 15.9 Å². The molecule has 0 aliphatic heterocycles. The van der Waals surface area contributed by atoms with Crippen molar-refractivity contribution in [3.8, 4) is 5.75 Å². The van der Waals surface area contributed by atoms with Crippen LogP contribution in [0.25, 0.3) is 0 Å². The van der Waals surface area contributed by atoms with E-state index in [4.69, 9.17) is 4.74 Å². The molecule has 0 fully saturated rings. The van der Waals surface area contributed by atoms with Crippen molar-refractivity contribution < 1.29 is 17.9 Å². The lowest BCUT2D eigenvalue weighted by atomic mass is 10.1. The third kappa shape index (κ3) is 5.73. The number of rotatable bonds is 9. The smallest absolute Gasteiger partial charge is 0.241 e. The molecule has 6 nitrogen and oxygen atoms in total. The van der Waals surface area contributed by atoms with Crippen molar-refractivity contribution in [1.29, 1.82) is 0 Å². The second-order valence-electron chi connectivity index (χ2n) is 6.54. The summed E-state index contributed by atoms with van der Waals surface area (Å²) in [5.74, 6) is 0.405. The van der Waals surface area contributed by atoms with Crippen LogP contribution in [-0.4, -0.2) is 33.7 Å². The first-order valence-corrected chi connectivity index (χ1v) is 11.2. The average molecular weight is 405 g/mol. The summed E-state index contributed by atoms with van der Waals surface area (Å²) in [5, 5.41) is 2.87. The predicted octanol–water partition coefficient (Wildman–Crippen LogP) is 3.29. The number of ether oxygens (including phenoxy) is 1. The van der Waals surface area contributed by atoms with Crippen LogP contribution in [0.15, 0.2) is 48.5 Å². The summed E-state index contributed by atoms with van der Waals surface area (Å²) in [6, 6.07) is 14.4. The molecule has 152 valence electrons. The number of para-hydroxylation sites is 1. The van der Waals surface area contributed by atoms with Crippen LogP contribution in [-0.2, 0) is 21.2 Å². The zero-order valence-electron chi connectivity index (χ0n) is 16.8. The van der Waals surface area contributed by atoms with Gasteiger partial charge < -0.3 is 10.1 Å². The second kappa shape index (κ2) is 9.59. The zero-order valence-corrected chi connectivity index (χ0v) is 17.6. The Hall–Kier alpha value is -2.54. The highest BCUT2D eigenvalue weighted by Crippen LogP contribution is 2.23. The Morgan fingerprint density at radius 1 is 1.11 bits per heavy atom. The summed E-state index contributed by atoms with van der Waals surface area (Å²) >= 11 is 0. The molecule has 0 aliphatic carbocycles. The number of anilines is 1. The quantitative estimate of drug-likeness (QED) is 0.696. The normalized spacial score (nSPS) is 12.3. The summed E-state index contributed by atoms with van der Waals surface area (Å²) in [5.41, 5.74) is 2.33. The molecular formula is C21H28N2O4S. The maximum absolute atomic E-state index is 12.6. The third-order valence-electron chi connectivity index (χ3n) is 4.40. The van der Waals surface area contributed by atoms with Gasteiger partial charge in [0.1, 0.15) is 12.3 Å². The minimum Gasteiger partial charge on any atom is -0.494 e. The molecule has 0 aromatic heterocycles. The van der Waals surface area contributed by atoms with Crippen LogP contribution in [0.5, 0.6) is 5.75 Å². The van der Waals surface area contributed by atoms with Crippen molar-refractivity contribution in [3.05, 3.63) is 59.7 Å². The highest BCUT2D eigenvalue weighted by Gasteiger charge is 2.23. The molecule has 1 atom stereocenters. The molecule has 7 heteroatoms. The van der Waals surface area contributed by atoms with Crippen LogP contribution in [0.2, 0.25) is 0 Å². The zero-order chi connectivity index (χ0) is 20.7. The molecule has 28 heavy (non-hydrogen) atoms. The van der Waals surface area contributed by atoms with E-state index in [-0.39, 0.29) is 18.5 Å². The molecule has 0 saturated carbocycles. The molecular weight excluding hydrogens is 376 g/mol. The number of aryl methyl sites for hydroxylation is 1. The Kier molecular flexibility index (Phi) is 7.45. The molecule has 1 N–H and O–H groups in total. The number of carbonyl (C=O) groups is 1. The summed E-state index contributed by atoms with van der Waals surface area (Å²) in [7, 11) is -3.60. The number of benzene rings is 2. The highest BCUT2D eigenvalue weighted by molar-refractivity contribution is 7.92. The Labute approximate surface area is 167 Å². The van der Waals surface area contributed by atoms with Gasteiger partial charge >= 0.3 is 0 Å². The number of sulfonamides is 1. The summed E-state index contributed by atoms with van der Waals surface area (Å²) in [6.45, 7) is 6.05. The minimum atomic E-state index is -3.60. The van der Waals surface area contributed by atoms with Gasteiger partial charge in [-0.25, -0.2) is 8.42 Å². The van der Waals surface area contributed by atoms with Gasteiger partial charge in [-0.15, -0.1) is 0 Å². The number of hydrogen-bond donors (Lipinski definition) is 1. The van der Waals surface area contributed by atoms with Crippen LogP contribution in [0, 0.1) is 0 Å². The van der Waals surface area contributed by atoms with Gasteiger partial charge in [-0.05, 0) is 49.6 Å². The summed E-state index contributed by atoms with van der Waals surface area (Å²) in [6.07, 6.45) is 1.79. The molecule has 2 aromatic carbocycles. The largest absolute Gasteiger partial charge is 0.494 e. The van der Waals surface area contributed by atoms with E-state index in [9.17, 15) is 13.2 Å². The Morgan fingerprint density at radius 2 is 1.75 bits per heavy atom. The minimum absolute atomic E-state index is 0.258. The number of nitrogens with one attached hydrogen (secondary N) is 1. The van der Waals surface area contributed by atoms with E-state index < -0.39 is 10.0 Å². The van der Waals surface area contributed by atoms with Crippen LogP contribution in [0.1, 0.15) is 37.9 Å². The fourth-order valence-electron chi connectivity index (χ4n) is 2.95. The monoisotopic (exact) mass is 404 g/mol. The van der Waals surface area contributed by atoms with E-state index in [0.717, 1.165) is 27.4 Å². The Balaban J connectivity index is 2.13. The van der Waals surface area contributed by atoms with Gasteiger partial charge in [0.15, 0.2) is 0 Å². The highest BCUT2D eigenvalue weighted by atomic mass is 32.2. The average Bonchev–Trinajstić information content (AvgIpc) is 2.66. The fourth-order valence-corrected chi connectivity index (χ4v) is 3.84. The molecule has 0 unspecified atom stereocenters. The molecule has 0 aliphatic rings. The summed E-state index contributed by atoms with van der Waals surface area (Å²) in [4.78, 5) is 12.6. The molecule has 0 spiro atoms. The van der Waals surface area contributed by atoms with Crippen molar-refractivity contribution in [2.24, 2.45) is 0 Å². The molecule has 0 saturated heterocycles. The van der Waals surface area contributed by atoms with E-state index in [0.29, 0.717) is 18.7 Å². The first-order chi connectivity index (χ1) is 13.3. The molecule has 0 radical (unpaired) electrons. The van der Waals surface area contributed by atoms with Gasteiger partial charge in [-0.1, -0.05) is 37.3 Å². The van der Waals surface area contributed by atoms with Gasteiger partial charge in [-0.3, -0.25) is 9.10 Å². The lowest BCUT2D eigenvalue weighted by molar-refractivity contribution is -0.120. The van der Waals surface area contributed by atoms with Crippen molar-refractivity contribution in [1.82, 2.24) is 5.32 Å². The van der Waals surface area contributed by atoms with Gasteiger partial charge in [-0.2, -0.15) is 0 Å². The van der Waals surface area contributed by atoms with Gasteiger partial charge in [0.25, 0.3) is 0 Å². The topological polar surface area (TPSA) is 75.7 Å². The van der Waals surface area contributed by atoms with E-state index in [2.05, 4.69) is 5.32 Å². The Morgan fingerprint density at radius 3 is 2.32 bits per heavy atom.